The van der Waals surface area contributed by atoms with Gasteiger partial charge in [0, 0.05) is 24.7 Å². The zero-order chi connectivity index (χ0) is 18.7. The fourth-order valence-corrected chi connectivity index (χ4v) is 2.60. The third-order valence-electron chi connectivity index (χ3n) is 4.26. The molecule has 8 nitrogen and oxygen atoms in total. The molecule has 8 heteroatoms. The summed E-state index contributed by atoms with van der Waals surface area (Å²) >= 11 is 0. The van der Waals surface area contributed by atoms with Crippen LogP contribution in [0.2, 0.25) is 0 Å². The van der Waals surface area contributed by atoms with E-state index in [-0.39, 0.29) is 23.2 Å². The number of amides is 1. The van der Waals surface area contributed by atoms with Crippen molar-refractivity contribution in [3.8, 4) is 5.69 Å². The van der Waals surface area contributed by atoms with Gasteiger partial charge in [-0.05, 0) is 30.7 Å². The van der Waals surface area contributed by atoms with Gasteiger partial charge in [0.2, 0.25) is 0 Å². The first-order chi connectivity index (χ1) is 12.5. The molecule has 2 aromatic carbocycles. The molecule has 1 heterocycles. The van der Waals surface area contributed by atoms with E-state index in [9.17, 15) is 14.9 Å². The number of nitro benzene ring substituents is 1. The van der Waals surface area contributed by atoms with Gasteiger partial charge in [-0.15, -0.1) is 0 Å². The van der Waals surface area contributed by atoms with Gasteiger partial charge in [0.25, 0.3) is 11.6 Å². The van der Waals surface area contributed by atoms with Crippen LogP contribution in [0.15, 0.2) is 61.2 Å². The number of hydrogen-bond donors (Lipinski definition) is 0. The first-order valence-electron chi connectivity index (χ1n) is 7.94. The molecule has 0 aliphatic carbocycles. The standard InChI is InChI=1S/C18H17N5O3/c1-13(14-6-8-16(9-7-14)22-12-19-11-20-22)21(2)18(24)15-4-3-5-17(10-15)23(25)26/h3-13H,1-2H3/t13-/m0/s1. The molecule has 0 N–H and O–H groups in total. The summed E-state index contributed by atoms with van der Waals surface area (Å²) in [5.74, 6) is -0.276. The van der Waals surface area contributed by atoms with Crippen molar-refractivity contribution >= 4 is 11.6 Å². The molecule has 1 atom stereocenters. The van der Waals surface area contributed by atoms with Gasteiger partial charge in [0.1, 0.15) is 12.7 Å². The van der Waals surface area contributed by atoms with Gasteiger partial charge in [-0.25, -0.2) is 9.67 Å². The topological polar surface area (TPSA) is 94.2 Å². The number of aromatic nitrogens is 3. The summed E-state index contributed by atoms with van der Waals surface area (Å²) < 4.78 is 1.65. The van der Waals surface area contributed by atoms with E-state index in [1.807, 2.05) is 31.2 Å². The van der Waals surface area contributed by atoms with Gasteiger partial charge < -0.3 is 4.90 Å². The molecule has 3 aromatic rings. The van der Waals surface area contributed by atoms with Crippen LogP contribution in [0, 0.1) is 10.1 Å². The summed E-state index contributed by atoms with van der Waals surface area (Å²) in [6.07, 6.45) is 3.07. The van der Waals surface area contributed by atoms with Crippen LogP contribution in [0.4, 0.5) is 5.69 Å². The predicted molar refractivity (Wildman–Crippen MR) is 95.0 cm³/mol. The molecule has 1 amide bonds. The van der Waals surface area contributed by atoms with E-state index in [4.69, 9.17) is 0 Å². The zero-order valence-corrected chi connectivity index (χ0v) is 14.3. The Kier molecular flexibility index (Phi) is 4.74. The summed E-state index contributed by atoms with van der Waals surface area (Å²) in [6.45, 7) is 1.90. The highest BCUT2D eigenvalue weighted by Crippen LogP contribution is 2.23. The maximum absolute atomic E-state index is 12.7. The lowest BCUT2D eigenvalue weighted by Crippen LogP contribution is -2.29. The second-order valence-corrected chi connectivity index (χ2v) is 5.83. The van der Waals surface area contributed by atoms with E-state index in [2.05, 4.69) is 10.1 Å². The summed E-state index contributed by atoms with van der Waals surface area (Å²) in [5, 5.41) is 15.0. The van der Waals surface area contributed by atoms with Crippen molar-refractivity contribution in [2.75, 3.05) is 7.05 Å². The van der Waals surface area contributed by atoms with Crippen molar-refractivity contribution in [3.05, 3.63) is 82.4 Å². The number of rotatable bonds is 5. The van der Waals surface area contributed by atoms with E-state index < -0.39 is 4.92 Å². The molecule has 0 unspecified atom stereocenters. The molecule has 0 radical (unpaired) electrons. The van der Waals surface area contributed by atoms with Crippen molar-refractivity contribution in [1.29, 1.82) is 0 Å². The first kappa shape index (κ1) is 17.3. The van der Waals surface area contributed by atoms with E-state index in [1.165, 1.54) is 24.5 Å². The minimum Gasteiger partial charge on any atom is -0.335 e. The number of nitrogens with zero attached hydrogens (tertiary/aromatic N) is 5. The van der Waals surface area contributed by atoms with Crippen LogP contribution in [-0.2, 0) is 0 Å². The fraction of sp³-hybridized carbons (Fsp3) is 0.167. The maximum atomic E-state index is 12.7. The van der Waals surface area contributed by atoms with Crippen molar-refractivity contribution in [1.82, 2.24) is 19.7 Å². The summed E-state index contributed by atoms with van der Waals surface area (Å²) in [7, 11) is 1.68. The molecule has 3 rings (SSSR count). The largest absolute Gasteiger partial charge is 0.335 e. The Hall–Kier alpha value is -3.55. The van der Waals surface area contributed by atoms with Crippen LogP contribution >= 0.6 is 0 Å². The number of hydrogen-bond acceptors (Lipinski definition) is 5. The zero-order valence-electron chi connectivity index (χ0n) is 14.3. The van der Waals surface area contributed by atoms with Gasteiger partial charge in [0.05, 0.1) is 16.7 Å². The average Bonchev–Trinajstić information content (AvgIpc) is 3.21. The molecule has 132 valence electrons. The Morgan fingerprint density at radius 2 is 1.96 bits per heavy atom. The van der Waals surface area contributed by atoms with Crippen molar-refractivity contribution in [3.63, 3.8) is 0 Å². The van der Waals surface area contributed by atoms with Crippen LogP contribution in [0.5, 0.6) is 0 Å². The molecular weight excluding hydrogens is 334 g/mol. The number of carbonyl (C=O) groups is 1. The van der Waals surface area contributed by atoms with E-state index in [0.29, 0.717) is 0 Å². The molecule has 0 spiro atoms. The highest BCUT2D eigenvalue weighted by molar-refractivity contribution is 5.94. The fourth-order valence-electron chi connectivity index (χ4n) is 2.60. The van der Waals surface area contributed by atoms with Crippen LogP contribution in [-0.4, -0.2) is 37.5 Å². The van der Waals surface area contributed by atoms with E-state index in [0.717, 1.165) is 11.3 Å². The second kappa shape index (κ2) is 7.14. The Balaban J connectivity index is 1.78. The summed E-state index contributed by atoms with van der Waals surface area (Å²) in [6, 6.07) is 13.2. The Morgan fingerprint density at radius 1 is 1.23 bits per heavy atom. The minimum atomic E-state index is -0.511. The molecular formula is C18H17N5O3. The van der Waals surface area contributed by atoms with Gasteiger partial charge >= 0.3 is 0 Å². The third kappa shape index (κ3) is 3.44. The molecule has 1 aromatic heterocycles. The number of nitro groups is 1. The van der Waals surface area contributed by atoms with Crippen LogP contribution in [0.1, 0.15) is 28.9 Å². The minimum absolute atomic E-state index is 0.103. The summed E-state index contributed by atoms with van der Waals surface area (Å²) in [4.78, 5) is 28.5. The Bertz CT molecular complexity index is 922. The van der Waals surface area contributed by atoms with Gasteiger partial charge in [-0.3, -0.25) is 14.9 Å². The highest BCUT2D eigenvalue weighted by atomic mass is 16.6. The Morgan fingerprint density at radius 3 is 2.58 bits per heavy atom. The normalized spacial score (nSPS) is 11.8. The van der Waals surface area contributed by atoms with Crippen molar-refractivity contribution in [2.45, 2.75) is 13.0 Å². The quantitative estimate of drug-likeness (QED) is 0.520. The third-order valence-corrected chi connectivity index (χ3v) is 4.26. The lowest BCUT2D eigenvalue weighted by molar-refractivity contribution is -0.384. The molecule has 0 saturated heterocycles. The molecule has 0 aliphatic heterocycles. The SMILES string of the molecule is C[C@@H](c1ccc(-n2cncn2)cc1)N(C)C(=O)c1cccc([N+](=O)[O-])c1. The van der Waals surface area contributed by atoms with Crippen molar-refractivity contribution < 1.29 is 9.72 Å². The monoisotopic (exact) mass is 351 g/mol. The van der Waals surface area contributed by atoms with E-state index in [1.54, 1.807) is 29.0 Å². The highest BCUT2D eigenvalue weighted by Gasteiger charge is 2.20. The number of carbonyl (C=O) groups excluding carboxylic acids is 1. The maximum Gasteiger partial charge on any atom is 0.270 e. The lowest BCUT2D eigenvalue weighted by atomic mass is 10.1. The van der Waals surface area contributed by atoms with Crippen LogP contribution in [0.3, 0.4) is 0 Å². The second-order valence-electron chi connectivity index (χ2n) is 5.83. The van der Waals surface area contributed by atoms with Crippen molar-refractivity contribution in [2.24, 2.45) is 0 Å². The smallest absolute Gasteiger partial charge is 0.270 e. The molecule has 0 bridgehead atoms. The molecule has 0 aliphatic rings. The van der Waals surface area contributed by atoms with Crippen LogP contribution in [0.25, 0.3) is 5.69 Å². The van der Waals surface area contributed by atoms with Gasteiger partial charge in [-0.1, -0.05) is 18.2 Å². The summed E-state index contributed by atoms with van der Waals surface area (Å²) in [5.41, 5.74) is 1.99. The number of non-ortho nitro benzene ring substituents is 1. The van der Waals surface area contributed by atoms with E-state index >= 15 is 0 Å². The molecule has 0 saturated carbocycles. The predicted octanol–water partition coefficient (Wildman–Crippen LogP) is 3.01. The van der Waals surface area contributed by atoms with Crippen LogP contribution < -0.4 is 0 Å². The van der Waals surface area contributed by atoms with Gasteiger partial charge in [-0.2, -0.15) is 5.10 Å². The first-order valence-corrected chi connectivity index (χ1v) is 7.94. The lowest BCUT2D eigenvalue weighted by Gasteiger charge is -2.25. The molecule has 26 heavy (non-hydrogen) atoms. The van der Waals surface area contributed by atoms with Gasteiger partial charge in [0.15, 0.2) is 0 Å². The Labute approximate surface area is 149 Å². The number of benzene rings is 2. The molecule has 0 fully saturated rings. The average molecular weight is 351 g/mol.